The molecule has 0 spiro atoms. The number of rotatable bonds is 6. The average Bonchev–Trinajstić information content (AvgIpc) is 3.42. The van der Waals surface area contributed by atoms with Crippen LogP contribution < -0.4 is 0 Å². The molecule has 3 aromatic rings. The summed E-state index contributed by atoms with van der Waals surface area (Å²) in [4.78, 5) is 19.0. The maximum absolute atomic E-state index is 14.1. The summed E-state index contributed by atoms with van der Waals surface area (Å²) in [5.41, 5.74) is 4.13. The Hall–Kier alpha value is -3.17. The van der Waals surface area contributed by atoms with Crippen molar-refractivity contribution >= 4 is 5.91 Å². The van der Waals surface area contributed by atoms with E-state index in [9.17, 15) is 4.79 Å². The molecule has 38 heavy (non-hydrogen) atoms. The fourth-order valence-electron chi connectivity index (χ4n) is 7.18. The van der Waals surface area contributed by atoms with Gasteiger partial charge in [-0.25, -0.2) is 0 Å². The van der Waals surface area contributed by atoms with Gasteiger partial charge in [0.05, 0.1) is 0 Å². The van der Waals surface area contributed by atoms with Crippen LogP contribution in [0.2, 0.25) is 0 Å². The van der Waals surface area contributed by atoms with Crippen LogP contribution in [-0.4, -0.2) is 48.4 Å². The Morgan fingerprint density at radius 3 is 1.97 bits per heavy atom. The molecule has 0 radical (unpaired) electrons. The SMILES string of the molecule is O=C([C@H]1CCC=C[C@@H]1c1ccccc1)N1CC(CN2CCC(c3ccccc3)CC2)C(c2ccccc2)C1. The highest BCUT2D eigenvalue weighted by atomic mass is 16.2. The lowest BCUT2D eigenvalue weighted by molar-refractivity contribution is -0.135. The van der Waals surface area contributed by atoms with E-state index in [-0.39, 0.29) is 11.8 Å². The summed E-state index contributed by atoms with van der Waals surface area (Å²) >= 11 is 0. The minimum atomic E-state index is 0.0409. The summed E-state index contributed by atoms with van der Waals surface area (Å²) in [5.74, 6) is 2.14. The van der Waals surface area contributed by atoms with E-state index < -0.39 is 0 Å². The smallest absolute Gasteiger partial charge is 0.226 e. The predicted molar refractivity (Wildman–Crippen MR) is 155 cm³/mol. The van der Waals surface area contributed by atoms with Gasteiger partial charge in [-0.3, -0.25) is 4.79 Å². The number of hydrogen-bond acceptors (Lipinski definition) is 2. The number of amides is 1. The van der Waals surface area contributed by atoms with Crippen LogP contribution in [0.15, 0.2) is 103 Å². The third-order valence-corrected chi connectivity index (χ3v) is 9.25. The van der Waals surface area contributed by atoms with Crippen molar-refractivity contribution in [3.05, 3.63) is 120 Å². The first kappa shape index (κ1) is 25.1. The molecule has 2 saturated heterocycles. The summed E-state index contributed by atoms with van der Waals surface area (Å²) in [6.45, 7) is 5.09. The first-order chi connectivity index (χ1) is 18.8. The molecule has 1 amide bonds. The van der Waals surface area contributed by atoms with Crippen LogP contribution in [0.3, 0.4) is 0 Å². The lowest BCUT2D eigenvalue weighted by Gasteiger charge is -2.35. The first-order valence-corrected chi connectivity index (χ1v) is 14.6. The van der Waals surface area contributed by atoms with Gasteiger partial charge in [0.2, 0.25) is 5.91 Å². The van der Waals surface area contributed by atoms with Gasteiger partial charge in [0.1, 0.15) is 0 Å². The van der Waals surface area contributed by atoms with E-state index in [1.54, 1.807) is 0 Å². The van der Waals surface area contributed by atoms with Gasteiger partial charge in [-0.1, -0.05) is 103 Å². The lowest BCUT2D eigenvalue weighted by atomic mass is 9.79. The van der Waals surface area contributed by atoms with Crippen molar-refractivity contribution in [1.82, 2.24) is 9.80 Å². The number of piperidine rings is 1. The van der Waals surface area contributed by atoms with Crippen molar-refractivity contribution in [1.29, 1.82) is 0 Å². The standard InChI is InChI=1S/C35H40N2O/c38-35(33-19-11-10-18-32(33)29-14-6-2-7-15-29)37-25-31(34(26-37)30-16-8-3-9-17-30)24-36-22-20-28(21-23-36)27-12-4-1-5-13-27/h1-10,12-18,28,31-34H,11,19-26H2/t31?,32-,33+,34?/m1/s1. The maximum Gasteiger partial charge on any atom is 0.226 e. The number of allylic oxidation sites excluding steroid dienone is 2. The van der Waals surface area contributed by atoms with Crippen LogP contribution in [0.25, 0.3) is 0 Å². The van der Waals surface area contributed by atoms with Crippen LogP contribution in [0.1, 0.15) is 60.1 Å². The van der Waals surface area contributed by atoms with Crippen molar-refractivity contribution in [2.75, 3.05) is 32.7 Å². The zero-order valence-corrected chi connectivity index (χ0v) is 22.4. The highest BCUT2D eigenvalue weighted by Crippen LogP contribution is 2.39. The Morgan fingerprint density at radius 2 is 1.32 bits per heavy atom. The second-order valence-corrected chi connectivity index (χ2v) is 11.6. The Bertz CT molecular complexity index is 1200. The first-order valence-electron chi connectivity index (χ1n) is 14.6. The van der Waals surface area contributed by atoms with Crippen LogP contribution in [0.4, 0.5) is 0 Å². The average molecular weight is 505 g/mol. The highest BCUT2D eigenvalue weighted by Gasteiger charge is 2.41. The minimum absolute atomic E-state index is 0.0409. The van der Waals surface area contributed by atoms with Crippen LogP contribution >= 0.6 is 0 Å². The monoisotopic (exact) mass is 504 g/mol. The largest absolute Gasteiger partial charge is 0.341 e. The molecule has 3 nitrogen and oxygen atoms in total. The molecule has 0 bridgehead atoms. The Morgan fingerprint density at radius 1 is 0.711 bits per heavy atom. The van der Waals surface area contributed by atoms with Gasteiger partial charge in [0.15, 0.2) is 0 Å². The zero-order chi connectivity index (χ0) is 25.7. The van der Waals surface area contributed by atoms with Crippen molar-refractivity contribution in [2.45, 2.75) is 43.4 Å². The Kier molecular flexibility index (Phi) is 7.74. The Balaban J connectivity index is 1.16. The predicted octanol–water partition coefficient (Wildman–Crippen LogP) is 6.86. The fraction of sp³-hybridized carbons (Fsp3) is 0.400. The molecule has 1 aliphatic carbocycles. The van der Waals surface area contributed by atoms with Gasteiger partial charge in [-0.05, 0) is 67.3 Å². The van der Waals surface area contributed by atoms with Gasteiger partial charge < -0.3 is 9.80 Å². The summed E-state index contributed by atoms with van der Waals surface area (Å²) in [6, 6.07) is 32.6. The van der Waals surface area contributed by atoms with Crippen LogP contribution in [0, 0.1) is 11.8 Å². The van der Waals surface area contributed by atoms with Gasteiger partial charge in [0.25, 0.3) is 0 Å². The molecule has 3 aromatic carbocycles. The van der Waals surface area contributed by atoms with E-state index >= 15 is 0 Å². The maximum atomic E-state index is 14.1. The van der Waals surface area contributed by atoms with Gasteiger partial charge in [-0.2, -0.15) is 0 Å². The van der Waals surface area contributed by atoms with Crippen molar-refractivity contribution in [3.63, 3.8) is 0 Å². The number of hydrogen-bond donors (Lipinski definition) is 0. The summed E-state index contributed by atoms with van der Waals surface area (Å²) in [6.07, 6.45) is 8.93. The molecule has 3 aliphatic rings. The molecule has 3 heteroatoms. The van der Waals surface area contributed by atoms with Gasteiger partial charge in [0, 0.05) is 37.4 Å². The topological polar surface area (TPSA) is 23.6 Å². The molecule has 4 atom stereocenters. The fourth-order valence-corrected chi connectivity index (χ4v) is 7.18. The third kappa shape index (κ3) is 5.49. The molecule has 2 unspecified atom stereocenters. The molecule has 6 rings (SSSR count). The van der Waals surface area contributed by atoms with E-state index in [1.807, 2.05) is 0 Å². The quantitative estimate of drug-likeness (QED) is 0.343. The van der Waals surface area contributed by atoms with Gasteiger partial charge >= 0.3 is 0 Å². The summed E-state index contributed by atoms with van der Waals surface area (Å²) in [7, 11) is 0. The van der Waals surface area contributed by atoms with E-state index in [4.69, 9.17) is 0 Å². The molecule has 0 saturated carbocycles. The summed E-state index contributed by atoms with van der Waals surface area (Å²) < 4.78 is 0. The third-order valence-electron chi connectivity index (χ3n) is 9.25. The molecule has 2 aliphatic heterocycles. The highest BCUT2D eigenvalue weighted by molar-refractivity contribution is 5.81. The van der Waals surface area contributed by atoms with Crippen LogP contribution in [0.5, 0.6) is 0 Å². The molecule has 2 heterocycles. The zero-order valence-electron chi connectivity index (χ0n) is 22.4. The van der Waals surface area contributed by atoms with Crippen molar-refractivity contribution in [2.24, 2.45) is 11.8 Å². The molecule has 0 aromatic heterocycles. The van der Waals surface area contributed by atoms with E-state index in [0.717, 1.165) is 45.6 Å². The van der Waals surface area contributed by atoms with E-state index in [1.165, 1.54) is 29.5 Å². The van der Waals surface area contributed by atoms with E-state index in [2.05, 4.69) is 113 Å². The van der Waals surface area contributed by atoms with Crippen molar-refractivity contribution < 1.29 is 4.79 Å². The molecular formula is C35H40N2O. The Labute approximate surface area is 228 Å². The molecule has 196 valence electrons. The van der Waals surface area contributed by atoms with Gasteiger partial charge in [-0.15, -0.1) is 0 Å². The molecule has 0 N–H and O–H groups in total. The second-order valence-electron chi connectivity index (χ2n) is 11.6. The number of benzene rings is 3. The minimum Gasteiger partial charge on any atom is -0.341 e. The second kappa shape index (κ2) is 11.7. The lowest BCUT2D eigenvalue weighted by Crippen LogP contribution is -2.40. The van der Waals surface area contributed by atoms with Crippen molar-refractivity contribution in [3.8, 4) is 0 Å². The molecular weight excluding hydrogens is 464 g/mol. The number of carbonyl (C=O) groups excluding carboxylic acids is 1. The van der Waals surface area contributed by atoms with E-state index in [0.29, 0.717) is 23.7 Å². The number of likely N-dealkylation sites (tertiary alicyclic amines) is 2. The summed E-state index contributed by atoms with van der Waals surface area (Å²) in [5, 5.41) is 0. The molecule has 2 fully saturated rings. The van der Waals surface area contributed by atoms with Crippen LogP contribution in [-0.2, 0) is 4.79 Å². The number of nitrogens with zero attached hydrogens (tertiary/aromatic N) is 2. The number of carbonyl (C=O) groups is 1. The normalized spacial score (nSPS) is 26.5.